The number of hydrogen-bond acceptors (Lipinski definition) is 2. The van der Waals surface area contributed by atoms with E-state index in [-0.39, 0.29) is 0 Å². The van der Waals surface area contributed by atoms with Gasteiger partial charge in [0.2, 0.25) is 0 Å². The van der Waals surface area contributed by atoms with Gasteiger partial charge in [-0.2, -0.15) is 0 Å². The number of methoxy groups -OCH3 is 1. The SMILES string of the molecule is COc1ccc(/C=C/c2ccc3ccc(C)cc3n2)cc1. The van der Waals surface area contributed by atoms with Crippen molar-refractivity contribution in [2.24, 2.45) is 0 Å². The Hall–Kier alpha value is -2.61. The number of pyridine rings is 1. The fourth-order valence-electron chi connectivity index (χ4n) is 2.23. The zero-order valence-corrected chi connectivity index (χ0v) is 12.2. The first-order valence-corrected chi connectivity index (χ1v) is 6.94. The topological polar surface area (TPSA) is 22.1 Å². The van der Waals surface area contributed by atoms with Crippen molar-refractivity contribution in [1.82, 2.24) is 4.98 Å². The number of hydrogen-bond donors (Lipinski definition) is 0. The standard InChI is InChI=1S/C19H17NO/c1-14-3-7-16-8-10-17(20-19(16)13-14)9-4-15-5-11-18(21-2)12-6-15/h3-13H,1-2H3/b9-4+. The van der Waals surface area contributed by atoms with E-state index >= 15 is 0 Å². The van der Waals surface area contributed by atoms with Gasteiger partial charge in [0.1, 0.15) is 5.75 Å². The predicted molar refractivity (Wildman–Crippen MR) is 88.4 cm³/mol. The van der Waals surface area contributed by atoms with Crippen LogP contribution in [0.25, 0.3) is 23.1 Å². The van der Waals surface area contributed by atoms with Crippen LogP contribution in [0.1, 0.15) is 16.8 Å². The Balaban J connectivity index is 1.87. The number of benzene rings is 2. The van der Waals surface area contributed by atoms with E-state index in [0.717, 1.165) is 22.5 Å². The van der Waals surface area contributed by atoms with Crippen LogP contribution in [0, 0.1) is 6.92 Å². The molecule has 0 N–H and O–H groups in total. The highest BCUT2D eigenvalue weighted by molar-refractivity contribution is 5.81. The second kappa shape index (κ2) is 5.80. The smallest absolute Gasteiger partial charge is 0.118 e. The molecule has 0 atom stereocenters. The van der Waals surface area contributed by atoms with E-state index in [1.165, 1.54) is 10.9 Å². The third-order valence-corrected chi connectivity index (χ3v) is 3.43. The summed E-state index contributed by atoms with van der Waals surface area (Å²) in [5.41, 5.74) is 4.35. The molecule has 0 spiro atoms. The number of aromatic nitrogens is 1. The summed E-state index contributed by atoms with van der Waals surface area (Å²) in [5.74, 6) is 0.867. The van der Waals surface area contributed by atoms with E-state index in [2.05, 4.69) is 42.2 Å². The fourth-order valence-corrected chi connectivity index (χ4v) is 2.23. The van der Waals surface area contributed by atoms with Gasteiger partial charge in [0, 0.05) is 5.39 Å². The average Bonchev–Trinajstić information content (AvgIpc) is 2.53. The van der Waals surface area contributed by atoms with E-state index in [1.54, 1.807) is 7.11 Å². The first-order chi connectivity index (χ1) is 10.2. The van der Waals surface area contributed by atoms with Crippen LogP contribution in [0.15, 0.2) is 54.6 Å². The Morgan fingerprint density at radius 3 is 2.43 bits per heavy atom. The van der Waals surface area contributed by atoms with Gasteiger partial charge in [-0.15, -0.1) is 0 Å². The van der Waals surface area contributed by atoms with Crippen LogP contribution in [0.2, 0.25) is 0 Å². The van der Waals surface area contributed by atoms with E-state index in [4.69, 9.17) is 4.74 Å². The van der Waals surface area contributed by atoms with Crippen LogP contribution in [-0.2, 0) is 0 Å². The van der Waals surface area contributed by atoms with Gasteiger partial charge < -0.3 is 4.74 Å². The Kier molecular flexibility index (Phi) is 3.69. The maximum absolute atomic E-state index is 5.15. The zero-order valence-electron chi connectivity index (χ0n) is 12.2. The van der Waals surface area contributed by atoms with E-state index < -0.39 is 0 Å². The lowest BCUT2D eigenvalue weighted by Crippen LogP contribution is -1.84. The third-order valence-electron chi connectivity index (χ3n) is 3.43. The number of ether oxygens (including phenoxy) is 1. The molecule has 0 aliphatic heterocycles. The Bertz CT molecular complexity index is 788. The Morgan fingerprint density at radius 1 is 0.905 bits per heavy atom. The van der Waals surface area contributed by atoms with Gasteiger partial charge in [-0.05, 0) is 48.4 Å². The van der Waals surface area contributed by atoms with Crippen molar-refractivity contribution < 1.29 is 4.74 Å². The minimum Gasteiger partial charge on any atom is -0.497 e. The molecule has 104 valence electrons. The van der Waals surface area contributed by atoms with Gasteiger partial charge >= 0.3 is 0 Å². The molecule has 0 aliphatic rings. The fraction of sp³-hybridized carbons (Fsp3) is 0.105. The molecule has 2 nitrogen and oxygen atoms in total. The van der Waals surface area contributed by atoms with Gasteiger partial charge in [0.05, 0.1) is 18.3 Å². The summed E-state index contributed by atoms with van der Waals surface area (Å²) < 4.78 is 5.15. The first-order valence-electron chi connectivity index (χ1n) is 6.94. The second-order valence-electron chi connectivity index (χ2n) is 5.04. The Labute approximate surface area is 124 Å². The molecule has 2 aromatic carbocycles. The van der Waals surface area contributed by atoms with Crippen molar-refractivity contribution in [2.75, 3.05) is 7.11 Å². The molecule has 0 saturated heterocycles. The van der Waals surface area contributed by atoms with Crippen molar-refractivity contribution in [3.63, 3.8) is 0 Å². The highest BCUT2D eigenvalue weighted by atomic mass is 16.5. The molecule has 0 saturated carbocycles. The van der Waals surface area contributed by atoms with E-state index in [1.807, 2.05) is 36.4 Å². The molecular weight excluding hydrogens is 258 g/mol. The lowest BCUT2D eigenvalue weighted by molar-refractivity contribution is 0.415. The average molecular weight is 275 g/mol. The second-order valence-corrected chi connectivity index (χ2v) is 5.04. The first kappa shape index (κ1) is 13.4. The molecule has 0 amide bonds. The summed E-state index contributed by atoms with van der Waals surface area (Å²) in [6.07, 6.45) is 4.09. The van der Waals surface area contributed by atoms with Crippen molar-refractivity contribution >= 4 is 23.1 Å². The van der Waals surface area contributed by atoms with Crippen LogP contribution in [0.3, 0.4) is 0 Å². The minimum atomic E-state index is 0.867. The molecule has 1 aromatic heterocycles. The largest absolute Gasteiger partial charge is 0.497 e. The van der Waals surface area contributed by atoms with Crippen molar-refractivity contribution in [3.05, 3.63) is 71.4 Å². The predicted octanol–water partition coefficient (Wildman–Crippen LogP) is 4.72. The monoisotopic (exact) mass is 275 g/mol. The molecule has 3 rings (SSSR count). The lowest BCUT2D eigenvalue weighted by atomic mass is 10.1. The number of rotatable bonds is 3. The summed E-state index contributed by atoms with van der Waals surface area (Å²) >= 11 is 0. The van der Waals surface area contributed by atoms with Crippen LogP contribution in [-0.4, -0.2) is 12.1 Å². The van der Waals surface area contributed by atoms with Gasteiger partial charge in [0.15, 0.2) is 0 Å². The lowest BCUT2D eigenvalue weighted by Gasteiger charge is -2.01. The highest BCUT2D eigenvalue weighted by Crippen LogP contribution is 2.17. The quantitative estimate of drug-likeness (QED) is 0.690. The van der Waals surface area contributed by atoms with Crippen LogP contribution in [0.4, 0.5) is 0 Å². The Morgan fingerprint density at radius 2 is 1.67 bits per heavy atom. The molecule has 0 aliphatic carbocycles. The van der Waals surface area contributed by atoms with E-state index in [0.29, 0.717) is 0 Å². The molecule has 3 aromatic rings. The number of fused-ring (bicyclic) bond motifs is 1. The highest BCUT2D eigenvalue weighted by Gasteiger charge is 1.97. The number of nitrogens with zero attached hydrogens (tertiary/aromatic N) is 1. The molecule has 0 unspecified atom stereocenters. The van der Waals surface area contributed by atoms with E-state index in [9.17, 15) is 0 Å². The van der Waals surface area contributed by atoms with Crippen LogP contribution >= 0.6 is 0 Å². The summed E-state index contributed by atoms with van der Waals surface area (Å²) in [6.45, 7) is 2.08. The third kappa shape index (κ3) is 3.11. The van der Waals surface area contributed by atoms with Crippen molar-refractivity contribution in [2.45, 2.75) is 6.92 Å². The molecule has 0 bridgehead atoms. The minimum absolute atomic E-state index is 0.867. The van der Waals surface area contributed by atoms with Crippen LogP contribution < -0.4 is 4.74 Å². The zero-order chi connectivity index (χ0) is 14.7. The maximum Gasteiger partial charge on any atom is 0.118 e. The van der Waals surface area contributed by atoms with Gasteiger partial charge in [-0.3, -0.25) is 0 Å². The summed E-state index contributed by atoms with van der Waals surface area (Å²) in [7, 11) is 1.67. The summed E-state index contributed by atoms with van der Waals surface area (Å²) in [5, 5.41) is 1.17. The van der Waals surface area contributed by atoms with Gasteiger partial charge in [-0.25, -0.2) is 4.98 Å². The molecule has 21 heavy (non-hydrogen) atoms. The molecular formula is C19H17NO. The summed E-state index contributed by atoms with van der Waals surface area (Å²) in [6, 6.07) is 18.4. The van der Waals surface area contributed by atoms with Gasteiger partial charge in [-0.1, -0.05) is 36.4 Å². The molecule has 2 heteroatoms. The molecule has 0 radical (unpaired) electrons. The number of aryl methyl sites for hydroxylation is 1. The summed E-state index contributed by atoms with van der Waals surface area (Å²) in [4.78, 5) is 4.67. The molecule has 0 fully saturated rings. The van der Waals surface area contributed by atoms with Crippen molar-refractivity contribution in [1.29, 1.82) is 0 Å². The normalized spacial score (nSPS) is 11.1. The maximum atomic E-state index is 5.15. The molecule has 1 heterocycles. The van der Waals surface area contributed by atoms with Crippen molar-refractivity contribution in [3.8, 4) is 5.75 Å². The van der Waals surface area contributed by atoms with Crippen LogP contribution in [0.5, 0.6) is 5.75 Å². The van der Waals surface area contributed by atoms with Gasteiger partial charge in [0.25, 0.3) is 0 Å².